The smallest absolute Gasteiger partial charge is 0.314 e. The largest absolute Gasteiger partial charge is 0.507 e. The van der Waals surface area contributed by atoms with Crippen molar-refractivity contribution >= 4 is 21.9 Å². The maximum Gasteiger partial charge on any atom is 0.314 e. The minimum Gasteiger partial charge on any atom is -0.507 e. The van der Waals surface area contributed by atoms with E-state index in [2.05, 4.69) is 15.9 Å². The van der Waals surface area contributed by atoms with Gasteiger partial charge in [0.2, 0.25) is 0 Å². The number of phenols is 1. The molecule has 3 nitrogen and oxygen atoms in total. The highest BCUT2D eigenvalue weighted by molar-refractivity contribution is 9.10. The maximum absolute atomic E-state index is 13.9. The third kappa shape index (κ3) is 1.62. The number of rotatable bonds is 2. The third-order valence-corrected chi connectivity index (χ3v) is 3.99. The first kappa shape index (κ1) is 12.3. The Morgan fingerprint density at radius 3 is 2.41 bits per heavy atom. The van der Waals surface area contributed by atoms with Crippen LogP contribution < -0.4 is 0 Å². The van der Waals surface area contributed by atoms with E-state index in [1.165, 1.54) is 0 Å². The Kier molecular flexibility index (Phi) is 2.85. The summed E-state index contributed by atoms with van der Waals surface area (Å²) in [6.07, 6.45) is 1.02. The number of carboxylic acids is 1. The van der Waals surface area contributed by atoms with E-state index in [-0.39, 0.29) is 17.3 Å². The Bertz CT molecular complexity index is 498. The van der Waals surface area contributed by atoms with Crippen molar-refractivity contribution in [2.45, 2.75) is 24.7 Å². The van der Waals surface area contributed by atoms with Gasteiger partial charge in [-0.25, -0.2) is 8.78 Å². The number of carboxylic acid groups (broad SMARTS) is 1. The van der Waals surface area contributed by atoms with Gasteiger partial charge >= 0.3 is 5.97 Å². The fraction of sp³-hybridized carbons (Fsp3) is 0.364. The van der Waals surface area contributed by atoms with Gasteiger partial charge in [-0.3, -0.25) is 4.79 Å². The van der Waals surface area contributed by atoms with Gasteiger partial charge in [0.25, 0.3) is 0 Å². The SMILES string of the molecule is O=C(O)C1(c2c(F)cc(O)c(Br)c2F)CCC1. The van der Waals surface area contributed by atoms with Gasteiger partial charge in [0.05, 0.1) is 9.89 Å². The molecule has 1 aliphatic rings. The summed E-state index contributed by atoms with van der Waals surface area (Å²) in [5, 5.41) is 18.4. The summed E-state index contributed by atoms with van der Waals surface area (Å²) >= 11 is 2.77. The zero-order valence-electron chi connectivity index (χ0n) is 8.64. The Hall–Kier alpha value is -1.17. The first-order valence-corrected chi connectivity index (χ1v) is 5.80. The molecule has 0 aromatic heterocycles. The van der Waals surface area contributed by atoms with Crippen LogP contribution in [-0.4, -0.2) is 16.2 Å². The van der Waals surface area contributed by atoms with Crippen LogP contribution in [0.15, 0.2) is 10.5 Å². The number of hydrogen-bond acceptors (Lipinski definition) is 2. The summed E-state index contributed by atoms with van der Waals surface area (Å²) in [7, 11) is 0. The summed E-state index contributed by atoms with van der Waals surface area (Å²) < 4.78 is 27.3. The number of hydrogen-bond donors (Lipinski definition) is 2. The van der Waals surface area contributed by atoms with Gasteiger partial charge in [0, 0.05) is 11.6 Å². The highest BCUT2D eigenvalue weighted by Gasteiger charge is 2.50. The number of aromatic hydroxyl groups is 1. The van der Waals surface area contributed by atoms with E-state index in [1.807, 2.05) is 0 Å². The lowest BCUT2D eigenvalue weighted by atomic mass is 9.64. The molecule has 0 amide bonds. The summed E-state index contributed by atoms with van der Waals surface area (Å²) in [6, 6.07) is 0.728. The molecule has 17 heavy (non-hydrogen) atoms. The van der Waals surface area contributed by atoms with Crippen LogP contribution in [0, 0.1) is 11.6 Å². The van der Waals surface area contributed by atoms with Crippen molar-refractivity contribution in [3.05, 3.63) is 27.7 Å². The Labute approximate surface area is 104 Å². The number of benzene rings is 1. The van der Waals surface area contributed by atoms with E-state index >= 15 is 0 Å². The Morgan fingerprint density at radius 2 is 2.00 bits per heavy atom. The molecule has 1 fully saturated rings. The molecule has 0 saturated heterocycles. The number of halogens is 3. The van der Waals surface area contributed by atoms with Crippen LogP contribution in [-0.2, 0) is 10.2 Å². The van der Waals surface area contributed by atoms with Crippen molar-refractivity contribution in [2.75, 3.05) is 0 Å². The van der Waals surface area contributed by atoms with E-state index in [1.54, 1.807) is 0 Å². The van der Waals surface area contributed by atoms with Crippen LogP contribution in [0.4, 0.5) is 8.78 Å². The van der Waals surface area contributed by atoms with Crippen LogP contribution in [0.3, 0.4) is 0 Å². The van der Waals surface area contributed by atoms with Gasteiger partial charge in [-0.05, 0) is 28.8 Å². The molecule has 2 rings (SSSR count). The van der Waals surface area contributed by atoms with Crippen LogP contribution >= 0.6 is 15.9 Å². The molecular weight excluding hydrogens is 298 g/mol. The summed E-state index contributed by atoms with van der Waals surface area (Å²) in [6.45, 7) is 0. The molecular formula is C11H9BrF2O3. The quantitative estimate of drug-likeness (QED) is 0.826. The lowest BCUT2D eigenvalue weighted by Gasteiger charge is -2.38. The lowest BCUT2D eigenvalue weighted by molar-refractivity contribution is -0.147. The molecule has 1 aliphatic carbocycles. The monoisotopic (exact) mass is 306 g/mol. The molecule has 6 heteroatoms. The number of carbonyl (C=O) groups is 1. The molecule has 0 spiro atoms. The molecule has 0 atom stereocenters. The predicted molar refractivity (Wildman–Crippen MR) is 58.9 cm³/mol. The number of aliphatic carboxylic acids is 1. The summed E-state index contributed by atoms with van der Waals surface area (Å²) in [5.74, 6) is -3.88. The first-order valence-electron chi connectivity index (χ1n) is 5.00. The normalized spacial score (nSPS) is 17.6. The molecule has 2 N–H and O–H groups in total. The average molecular weight is 307 g/mol. The molecule has 92 valence electrons. The van der Waals surface area contributed by atoms with Gasteiger partial charge < -0.3 is 10.2 Å². The topological polar surface area (TPSA) is 57.5 Å². The van der Waals surface area contributed by atoms with Crippen LogP contribution in [0.2, 0.25) is 0 Å². The van der Waals surface area contributed by atoms with Crippen molar-refractivity contribution in [3.8, 4) is 5.75 Å². The van der Waals surface area contributed by atoms with Crippen LogP contribution in [0.1, 0.15) is 24.8 Å². The molecule has 0 heterocycles. The van der Waals surface area contributed by atoms with Gasteiger partial charge in [0.15, 0.2) is 0 Å². The highest BCUT2D eigenvalue weighted by Crippen LogP contribution is 2.48. The van der Waals surface area contributed by atoms with E-state index in [0.717, 1.165) is 6.07 Å². The first-order chi connectivity index (χ1) is 7.90. The van der Waals surface area contributed by atoms with Crippen molar-refractivity contribution in [2.24, 2.45) is 0 Å². The second kappa shape index (κ2) is 3.94. The van der Waals surface area contributed by atoms with E-state index in [0.29, 0.717) is 6.42 Å². The average Bonchev–Trinajstić information content (AvgIpc) is 2.17. The molecule has 0 unspecified atom stereocenters. The molecule has 0 radical (unpaired) electrons. The zero-order chi connectivity index (χ0) is 12.8. The van der Waals surface area contributed by atoms with Crippen molar-refractivity contribution in [1.82, 2.24) is 0 Å². The van der Waals surface area contributed by atoms with Crippen molar-refractivity contribution < 1.29 is 23.8 Å². The fourth-order valence-corrected chi connectivity index (χ4v) is 2.44. The Balaban J connectivity index is 2.67. The zero-order valence-corrected chi connectivity index (χ0v) is 10.2. The van der Waals surface area contributed by atoms with E-state index in [9.17, 15) is 18.7 Å². The minimum atomic E-state index is -1.50. The second-order valence-corrected chi connectivity index (χ2v) is 4.91. The van der Waals surface area contributed by atoms with Crippen LogP contribution in [0.25, 0.3) is 0 Å². The van der Waals surface area contributed by atoms with E-state index in [4.69, 9.17) is 5.11 Å². The van der Waals surface area contributed by atoms with Crippen molar-refractivity contribution in [3.63, 3.8) is 0 Å². The van der Waals surface area contributed by atoms with Gasteiger partial charge in [0.1, 0.15) is 17.4 Å². The third-order valence-electron chi connectivity index (χ3n) is 3.23. The second-order valence-electron chi connectivity index (χ2n) is 4.12. The van der Waals surface area contributed by atoms with Crippen LogP contribution in [0.5, 0.6) is 5.75 Å². The highest BCUT2D eigenvalue weighted by atomic mass is 79.9. The van der Waals surface area contributed by atoms with Gasteiger partial charge in [-0.15, -0.1) is 0 Å². The molecule has 0 bridgehead atoms. The molecule has 0 aliphatic heterocycles. The predicted octanol–water partition coefficient (Wildman–Crippen LogP) is 2.94. The lowest BCUT2D eigenvalue weighted by Crippen LogP contribution is -2.44. The molecule has 1 aromatic carbocycles. The summed E-state index contributed by atoms with van der Waals surface area (Å²) in [5.41, 5.74) is -1.97. The maximum atomic E-state index is 13.9. The van der Waals surface area contributed by atoms with Gasteiger partial charge in [-0.2, -0.15) is 0 Å². The molecule has 1 saturated carbocycles. The fourth-order valence-electron chi connectivity index (χ4n) is 2.12. The Morgan fingerprint density at radius 1 is 1.41 bits per heavy atom. The van der Waals surface area contributed by atoms with E-state index < -0.39 is 34.3 Å². The minimum absolute atomic E-state index is 0.202. The molecule has 1 aromatic rings. The number of phenolic OH excluding ortho intramolecular Hbond substituents is 1. The van der Waals surface area contributed by atoms with Crippen molar-refractivity contribution in [1.29, 1.82) is 0 Å². The summed E-state index contributed by atoms with van der Waals surface area (Å²) in [4.78, 5) is 11.2. The standard InChI is InChI=1S/C11H9BrF2O3/c12-8-6(15)4-5(13)7(9(8)14)11(10(16)17)2-1-3-11/h4,15H,1-3H2,(H,16,17). The van der Waals surface area contributed by atoms with Gasteiger partial charge in [-0.1, -0.05) is 6.42 Å².